The lowest BCUT2D eigenvalue weighted by molar-refractivity contribution is -0.136. The summed E-state index contributed by atoms with van der Waals surface area (Å²) in [5, 5.41) is 16.2. The first-order valence-corrected chi connectivity index (χ1v) is 6.12. The van der Waals surface area contributed by atoms with Gasteiger partial charge in [-0.05, 0) is 25.1 Å². The largest absolute Gasteiger partial charge is 0.480 e. The highest BCUT2D eigenvalue weighted by Crippen LogP contribution is 2.14. The van der Waals surface area contributed by atoms with Crippen LogP contribution in [0.2, 0.25) is 0 Å². The summed E-state index contributed by atoms with van der Waals surface area (Å²) in [6.07, 6.45) is 0. The van der Waals surface area contributed by atoms with Gasteiger partial charge in [0.2, 0.25) is 0 Å². The Morgan fingerprint density at radius 1 is 1.65 bits per heavy atom. The molecule has 2 atom stereocenters. The van der Waals surface area contributed by atoms with Crippen LogP contribution in [0.5, 0.6) is 0 Å². The molecule has 1 aromatic carbocycles. The van der Waals surface area contributed by atoms with Crippen LogP contribution in [0.3, 0.4) is 0 Å². The minimum atomic E-state index is -1.72. The summed E-state index contributed by atoms with van der Waals surface area (Å²) < 4.78 is 24.9. The number of benzene rings is 1. The molecule has 0 bridgehead atoms. The van der Waals surface area contributed by atoms with Gasteiger partial charge in [-0.25, -0.2) is 4.39 Å². The topological polar surface area (TPSA) is 78.2 Å². The van der Waals surface area contributed by atoms with Crippen LogP contribution in [0.1, 0.15) is 18.1 Å². The van der Waals surface area contributed by atoms with E-state index in [9.17, 15) is 13.4 Å². The van der Waals surface area contributed by atoms with E-state index < -0.39 is 27.8 Å². The second-order valence-corrected chi connectivity index (χ2v) is 5.18. The van der Waals surface area contributed by atoms with Gasteiger partial charge in [0.25, 0.3) is 0 Å². The van der Waals surface area contributed by atoms with Gasteiger partial charge in [0.1, 0.15) is 11.1 Å². The Balaban J connectivity index is 2.92. The van der Waals surface area contributed by atoms with E-state index >= 15 is 0 Å². The van der Waals surface area contributed by atoms with Crippen LogP contribution in [0.4, 0.5) is 4.39 Å². The molecule has 0 heterocycles. The molecule has 0 radical (unpaired) electrons. The molecule has 0 amide bonds. The van der Waals surface area contributed by atoms with E-state index in [4.69, 9.17) is 10.4 Å². The summed E-state index contributed by atoms with van der Waals surface area (Å²) in [4.78, 5) is 10.6. The van der Waals surface area contributed by atoms with Crippen molar-refractivity contribution in [3.05, 3.63) is 35.1 Å². The minimum absolute atomic E-state index is 0.0930. The van der Waals surface area contributed by atoms with E-state index in [1.54, 1.807) is 0 Å². The fraction of sp³-hybridized carbons (Fsp3) is 0.273. The smallest absolute Gasteiger partial charge is 0.318 e. The van der Waals surface area contributed by atoms with Gasteiger partial charge >= 0.3 is 5.97 Å². The quantitative estimate of drug-likeness (QED) is 0.882. The standard InChI is InChI=1S/C11H10FNO3S/c1-7(11(14)15)17(16)6-9-4-8(5-13)2-3-10(9)12/h2-4,7H,6H2,1H3,(H,14,15). The Bertz CT molecular complexity index is 510. The lowest BCUT2D eigenvalue weighted by Gasteiger charge is -2.07. The van der Waals surface area contributed by atoms with E-state index in [1.165, 1.54) is 19.1 Å². The van der Waals surface area contributed by atoms with Gasteiger partial charge in [-0.1, -0.05) is 0 Å². The van der Waals surface area contributed by atoms with Crippen molar-refractivity contribution in [1.29, 1.82) is 5.26 Å². The average Bonchev–Trinajstić information content (AvgIpc) is 2.30. The summed E-state index contributed by atoms with van der Waals surface area (Å²) >= 11 is 0. The van der Waals surface area contributed by atoms with Gasteiger partial charge in [0.05, 0.1) is 17.4 Å². The third-order valence-corrected chi connectivity index (χ3v) is 3.80. The molecule has 4 nitrogen and oxygen atoms in total. The van der Waals surface area contributed by atoms with Crippen molar-refractivity contribution in [3.8, 4) is 6.07 Å². The number of nitrogens with zero attached hydrogens (tertiary/aromatic N) is 1. The predicted octanol–water partition coefficient (Wildman–Crippen LogP) is 1.42. The molecule has 2 unspecified atom stereocenters. The van der Waals surface area contributed by atoms with Crippen LogP contribution < -0.4 is 0 Å². The molecule has 0 saturated carbocycles. The Labute approximate surface area is 100 Å². The highest BCUT2D eigenvalue weighted by molar-refractivity contribution is 7.85. The maximum absolute atomic E-state index is 13.3. The van der Waals surface area contributed by atoms with Crippen molar-refractivity contribution in [3.63, 3.8) is 0 Å². The van der Waals surface area contributed by atoms with Crippen LogP contribution in [-0.2, 0) is 21.3 Å². The monoisotopic (exact) mass is 255 g/mol. The molecule has 1 aromatic rings. The van der Waals surface area contributed by atoms with Crippen LogP contribution >= 0.6 is 0 Å². The Morgan fingerprint density at radius 3 is 2.82 bits per heavy atom. The maximum Gasteiger partial charge on any atom is 0.318 e. The number of halogens is 1. The molecule has 0 aromatic heterocycles. The van der Waals surface area contributed by atoms with Crippen LogP contribution in [0, 0.1) is 17.1 Å². The number of hydrogen-bond acceptors (Lipinski definition) is 3. The number of carboxylic acid groups (broad SMARTS) is 1. The number of rotatable bonds is 4. The summed E-state index contributed by atoms with van der Waals surface area (Å²) in [6, 6.07) is 5.53. The molecule has 0 aliphatic heterocycles. The van der Waals surface area contributed by atoms with Crippen LogP contribution in [-0.4, -0.2) is 20.5 Å². The Morgan fingerprint density at radius 2 is 2.29 bits per heavy atom. The Kier molecular flexibility index (Phi) is 4.35. The molecule has 90 valence electrons. The fourth-order valence-electron chi connectivity index (χ4n) is 1.15. The summed E-state index contributed by atoms with van der Waals surface area (Å²) in [6.45, 7) is 1.30. The third kappa shape index (κ3) is 3.36. The number of nitriles is 1. The van der Waals surface area contributed by atoms with E-state index in [0.29, 0.717) is 0 Å². The molecular formula is C11H10FNO3S. The molecule has 0 aliphatic carbocycles. The molecule has 0 fully saturated rings. The molecule has 0 spiro atoms. The summed E-state index contributed by atoms with van der Waals surface area (Å²) in [7, 11) is -1.72. The third-order valence-electron chi connectivity index (χ3n) is 2.21. The van der Waals surface area contributed by atoms with Gasteiger partial charge in [-0.2, -0.15) is 5.26 Å². The first kappa shape index (κ1) is 13.3. The second kappa shape index (κ2) is 5.55. The molecule has 6 heteroatoms. The van der Waals surface area contributed by atoms with Crippen LogP contribution in [0.25, 0.3) is 0 Å². The molecule has 1 rings (SSSR count). The second-order valence-electron chi connectivity index (χ2n) is 3.42. The summed E-state index contributed by atoms with van der Waals surface area (Å²) in [5.74, 6) is -2.00. The normalized spacial score (nSPS) is 13.7. The highest BCUT2D eigenvalue weighted by atomic mass is 32.2. The van der Waals surface area contributed by atoms with Crippen molar-refractivity contribution in [2.24, 2.45) is 0 Å². The number of carbonyl (C=O) groups is 1. The van der Waals surface area contributed by atoms with Crippen molar-refractivity contribution in [2.45, 2.75) is 17.9 Å². The highest BCUT2D eigenvalue weighted by Gasteiger charge is 2.20. The van der Waals surface area contributed by atoms with E-state index in [2.05, 4.69) is 0 Å². The van der Waals surface area contributed by atoms with Crippen molar-refractivity contribution in [2.75, 3.05) is 0 Å². The zero-order chi connectivity index (χ0) is 13.0. The zero-order valence-electron chi connectivity index (χ0n) is 9.01. The predicted molar refractivity (Wildman–Crippen MR) is 60.1 cm³/mol. The molecular weight excluding hydrogens is 245 g/mol. The van der Waals surface area contributed by atoms with Gasteiger partial charge in [-0.15, -0.1) is 0 Å². The Hall–Kier alpha value is -1.74. The number of aliphatic carboxylic acids is 1. The van der Waals surface area contributed by atoms with Crippen molar-refractivity contribution in [1.82, 2.24) is 0 Å². The number of carboxylic acids is 1. The maximum atomic E-state index is 13.3. The molecule has 17 heavy (non-hydrogen) atoms. The first-order valence-electron chi connectivity index (χ1n) is 4.74. The van der Waals surface area contributed by atoms with E-state index in [-0.39, 0.29) is 16.9 Å². The minimum Gasteiger partial charge on any atom is -0.480 e. The fourth-order valence-corrected chi connectivity index (χ4v) is 2.15. The average molecular weight is 255 g/mol. The van der Waals surface area contributed by atoms with Gasteiger partial charge in [0.15, 0.2) is 0 Å². The van der Waals surface area contributed by atoms with Gasteiger partial charge in [0, 0.05) is 16.4 Å². The molecule has 0 saturated heterocycles. The van der Waals surface area contributed by atoms with Crippen LogP contribution in [0.15, 0.2) is 18.2 Å². The molecule has 1 N–H and O–H groups in total. The van der Waals surface area contributed by atoms with E-state index in [0.717, 1.165) is 6.07 Å². The molecule has 0 aliphatic rings. The van der Waals surface area contributed by atoms with Gasteiger partial charge < -0.3 is 5.11 Å². The SMILES string of the molecule is CC(C(=O)O)S(=O)Cc1cc(C#N)ccc1F. The summed E-state index contributed by atoms with van der Waals surface area (Å²) in [5.41, 5.74) is 0.344. The lowest BCUT2D eigenvalue weighted by Crippen LogP contribution is -2.23. The number of hydrogen-bond donors (Lipinski definition) is 1. The van der Waals surface area contributed by atoms with Crippen molar-refractivity contribution < 1.29 is 18.5 Å². The van der Waals surface area contributed by atoms with Gasteiger partial charge in [-0.3, -0.25) is 9.00 Å². The first-order chi connectivity index (χ1) is 7.95. The van der Waals surface area contributed by atoms with Crippen molar-refractivity contribution >= 4 is 16.8 Å². The lowest BCUT2D eigenvalue weighted by atomic mass is 10.1. The van der Waals surface area contributed by atoms with E-state index in [1.807, 2.05) is 6.07 Å². The zero-order valence-corrected chi connectivity index (χ0v) is 9.83.